The molecule has 0 N–H and O–H groups in total. The van der Waals surface area contributed by atoms with Crippen molar-refractivity contribution in [3.63, 3.8) is 0 Å². The second-order valence-electron chi connectivity index (χ2n) is 3.34. The predicted molar refractivity (Wildman–Crippen MR) is 46.8 cm³/mol. The van der Waals surface area contributed by atoms with Crippen LogP contribution in [0.3, 0.4) is 0 Å². The van der Waals surface area contributed by atoms with Crippen molar-refractivity contribution in [1.82, 2.24) is 4.90 Å². The molecule has 1 aliphatic rings. The van der Waals surface area contributed by atoms with E-state index in [1.807, 2.05) is 18.9 Å². The molecule has 0 amide bonds. The van der Waals surface area contributed by atoms with Gasteiger partial charge in [-0.15, -0.1) is 0 Å². The first kappa shape index (κ1) is 9.26. The van der Waals surface area contributed by atoms with Gasteiger partial charge in [0, 0.05) is 13.0 Å². The highest BCUT2D eigenvalue weighted by molar-refractivity contribution is 5.77. The summed E-state index contributed by atoms with van der Waals surface area (Å²) in [6, 6.07) is -0.0540. The van der Waals surface area contributed by atoms with Crippen LogP contribution in [0.25, 0.3) is 0 Å². The van der Waals surface area contributed by atoms with Crippen molar-refractivity contribution in [2.75, 3.05) is 20.2 Å². The quantitative estimate of drug-likeness (QED) is 0.462. The van der Waals surface area contributed by atoms with Crippen LogP contribution >= 0.6 is 0 Å². The van der Waals surface area contributed by atoms with Gasteiger partial charge in [0.15, 0.2) is 0 Å². The molecule has 0 aliphatic carbocycles. The number of carbonyl (C=O) groups is 1. The summed E-state index contributed by atoms with van der Waals surface area (Å²) < 4.78 is 4.86. The zero-order chi connectivity index (χ0) is 9.14. The van der Waals surface area contributed by atoms with E-state index in [0.717, 1.165) is 18.5 Å². The minimum absolute atomic E-state index is 0.0540. The Bertz CT molecular complexity index is 201. The van der Waals surface area contributed by atoms with Gasteiger partial charge in [0.1, 0.15) is 6.04 Å². The van der Waals surface area contributed by atoms with E-state index in [1.54, 1.807) is 0 Å². The second-order valence-corrected chi connectivity index (χ2v) is 3.34. The topological polar surface area (TPSA) is 29.5 Å². The summed E-state index contributed by atoms with van der Waals surface area (Å²) in [5.41, 5.74) is 1.07. The summed E-state index contributed by atoms with van der Waals surface area (Å²) in [7, 11) is 1.92. The molecular formula is C9H15NO2. The fourth-order valence-corrected chi connectivity index (χ4v) is 1.42. The van der Waals surface area contributed by atoms with Gasteiger partial charge in [-0.05, 0) is 14.0 Å². The molecule has 1 atom stereocenters. The van der Waals surface area contributed by atoms with E-state index in [0.29, 0.717) is 6.61 Å². The third-order valence-electron chi connectivity index (χ3n) is 1.96. The number of nitrogens with zero attached hydrogens (tertiary/aromatic N) is 1. The Labute approximate surface area is 73.0 Å². The van der Waals surface area contributed by atoms with Crippen LogP contribution in [0.2, 0.25) is 0 Å². The van der Waals surface area contributed by atoms with Crippen LogP contribution < -0.4 is 0 Å². The Morgan fingerprint density at radius 2 is 2.50 bits per heavy atom. The molecule has 1 fully saturated rings. The molecule has 0 bridgehead atoms. The molecule has 68 valence electrons. The van der Waals surface area contributed by atoms with Crippen LogP contribution in [0.15, 0.2) is 12.2 Å². The summed E-state index contributed by atoms with van der Waals surface area (Å²) in [5.74, 6) is -0.0984. The monoisotopic (exact) mass is 169 g/mol. The molecule has 0 aromatic carbocycles. The normalized spacial score (nSPS) is 22.9. The van der Waals surface area contributed by atoms with E-state index >= 15 is 0 Å². The summed E-state index contributed by atoms with van der Waals surface area (Å²) in [6.07, 6.45) is 0.808. The molecule has 1 saturated heterocycles. The number of rotatable bonds is 3. The molecule has 3 nitrogen and oxygen atoms in total. The Morgan fingerprint density at radius 3 is 2.92 bits per heavy atom. The Hall–Kier alpha value is -0.830. The SMILES string of the molecule is C=C(C)CN(C)C1CCOC1=O. The smallest absolute Gasteiger partial charge is 0.323 e. The van der Waals surface area contributed by atoms with Crippen LogP contribution in [-0.4, -0.2) is 37.1 Å². The van der Waals surface area contributed by atoms with Gasteiger partial charge in [0.25, 0.3) is 0 Å². The molecular weight excluding hydrogens is 154 g/mol. The summed E-state index contributed by atoms with van der Waals surface area (Å²) >= 11 is 0. The van der Waals surface area contributed by atoms with Gasteiger partial charge >= 0.3 is 5.97 Å². The molecule has 1 rings (SSSR count). The van der Waals surface area contributed by atoms with Crippen molar-refractivity contribution in [2.24, 2.45) is 0 Å². The summed E-state index contributed by atoms with van der Waals surface area (Å²) in [5, 5.41) is 0. The standard InChI is InChI=1S/C9H15NO2/c1-7(2)6-10(3)8-4-5-12-9(8)11/h8H,1,4-6H2,2-3H3. The molecule has 0 radical (unpaired) electrons. The Balaban J connectivity index is 2.45. The molecule has 0 saturated carbocycles. The zero-order valence-corrected chi connectivity index (χ0v) is 7.67. The lowest BCUT2D eigenvalue weighted by atomic mass is 10.2. The van der Waals surface area contributed by atoms with Gasteiger partial charge < -0.3 is 4.74 Å². The number of hydrogen-bond donors (Lipinski definition) is 0. The number of ether oxygens (including phenoxy) is 1. The van der Waals surface area contributed by atoms with Crippen LogP contribution in [0.1, 0.15) is 13.3 Å². The van der Waals surface area contributed by atoms with Gasteiger partial charge in [-0.3, -0.25) is 9.69 Å². The number of carbonyl (C=O) groups excluding carboxylic acids is 1. The highest BCUT2D eigenvalue weighted by Crippen LogP contribution is 2.12. The van der Waals surface area contributed by atoms with Crippen molar-refractivity contribution in [3.8, 4) is 0 Å². The van der Waals surface area contributed by atoms with Crippen LogP contribution in [-0.2, 0) is 9.53 Å². The minimum Gasteiger partial charge on any atom is -0.464 e. The van der Waals surface area contributed by atoms with Crippen LogP contribution in [0, 0.1) is 0 Å². The zero-order valence-electron chi connectivity index (χ0n) is 7.67. The maximum atomic E-state index is 11.1. The first-order valence-corrected chi connectivity index (χ1v) is 4.12. The number of cyclic esters (lactones) is 1. The predicted octanol–water partition coefficient (Wildman–Crippen LogP) is 0.810. The van der Waals surface area contributed by atoms with E-state index < -0.39 is 0 Å². The second kappa shape index (κ2) is 3.72. The summed E-state index contributed by atoms with van der Waals surface area (Å²) in [4.78, 5) is 13.1. The molecule has 3 heteroatoms. The van der Waals surface area contributed by atoms with Crippen molar-refractivity contribution >= 4 is 5.97 Å². The molecule has 12 heavy (non-hydrogen) atoms. The fourth-order valence-electron chi connectivity index (χ4n) is 1.42. The average molecular weight is 169 g/mol. The van der Waals surface area contributed by atoms with E-state index in [9.17, 15) is 4.79 Å². The first-order chi connectivity index (χ1) is 5.61. The third kappa shape index (κ3) is 2.08. The van der Waals surface area contributed by atoms with Crippen molar-refractivity contribution < 1.29 is 9.53 Å². The fraction of sp³-hybridized carbons (Fsp3) is 0.667. The summed E-state index contributed by atoms with van der Waals surface area (Å²) in [6.45, 7) is 7.08. The molecule has 1 unspecified atom stereocenters. The molecule has 1 aliphatic heterocycles. The van der Waals surface area contributed by atoms with Crippen LogP contribution in [0.4, 0.5) is 0 Å². The minimum atomic E-state index is -0.0984. The van der Waals surface area contributed by atoms with E-state index in [4.69, 9.17) is 4.74 Å². The van der Waals surface area contributed by atoms with Gasteiger partial charge in [-0.1, -0.05) is 12.2 Å². The number of hydrogen-bond acceptors (Lipinski definition) is 3. The van der Waals surface area contributed by atoms with Gasteiger partial charge in [0.2, 0.25) is 0 Å². The Morgan fingerprint density at radius 1 is 1.83 bits per heavy atom. The molecule has 0 aromatic rings. The lowest BCUT2D eigenvalue weighted by Crippen LogP contribution is -2.36. The highest BCUT2D eigenvalue weighted by Gasteiger charge is 2.29. The highest BCUT2D eigenvalue weighted by atomic mass is 16.5. The van der Waals surface area contributed by atoms with Crippen LogP contribution in [0.5, 0.6) is 0 Å². The molecule has 1 heterocycles. The number of likely N-dealkylation sites (N-methyl/N-ethyl adjacent to an activating group) is 1. The molecule has 0 spiro atoms. The van der Waals surface area contributed by atoms with Gasteiger partial charge in [-0.25, -0.2) is 0 Å². The van der Waals surface area contributed by atoms with E-state index in [1.165, 1.54) is 0 Å². The van der Waals surface area contributed by atoms with Crippen molar-refractivity contribution in [2.45, 2.75) is 19.4 Å². The lowest BCUT2D eigenvalue weighted by molar-refractivity contribution is -0.141. The number of esters is 1. The lowest BCUT2D eigenvalue weighted by Gasteiger charge is -2.20. The maximum absolute atomic E-state index is 11.1. The van der Waals surface area contributed by atoms with E-state index in [-0.39, 0.29) is 12.0 Å². The van der Waals surface area contributed by atoms with Gasteiger partial charge in [-0.2, -0.15) is 0 Å². The van der Waals surface area contributed by atoms with Gasteiger partial charge in [0.05, 0.1) is 6.61 Å². The van der Waals surface area contributed by atoms with Crippen molar-refractivity contribution in [1.29, 1.82) is 0 Å². The Kier molecular flexibility index (Phi) is 2.87. The van der Waals surface area contributed by atoms with E-state index in [2.05, 4.69) is 6.58 Å². The average Bonchev–Trinajstić information content (AvgIpc) is 2.33. The molecule has 0 aromatic heterocycles. The largest absolute Gasteiger partial charge is 0.464 e. The maximum Gasteiger partial charge on any atom is 0.323 e. The first-order valence-electron chi connectivity index (χ1n) is 4.12. The third-order valence-corrected chi connectivity index (χ3v) is 1.96. The van der Waals surface area contributed by atoms with Crippen molar-refractivity contribution in [3.05, 3.63) is 12.2 Å².